The minimum Gasteiger partial charge on any atom is -0.288 e. The van der Waals surface area contributed by atoms with Crippen molar-refractivity contribution >= 4 is 11.6 Å². The summed E-state index contributed by atoms with van der Waals surface area (Å²) in [7, 11) is 0. The summed E-state index contributed by atoms with van der Waals surface area (Å²) in [5.41, 5.74) is 0.230. The number of carbonyl (C=O) groups excluding carboxylic acids is 2. The van der Waals surface area contributed by atoms with E-state index in [0.717, 1.165) is 0 Å². The van der Waals surface area contributed by atoms with E-state index in [4.69, 9.17) is 11.7 Å². The summed E-state index contributed by atoms with van der Waals surface area (Å²) >= 11 is 0. The van der Waals surface area contributed by atoms with Gasteiger partial charge in [0.2, 0.25) is 0 Å². The molecule has 0 bridgehead atoms. The van der Waals surface area contributed by atoms with Crippen molar-refractivity contribution in [2.45, 2.75) is 0 Å². The Bertz CT molecular complexity index is 571. The number of rotatable bonds is 0. The van der Waals surface area contributed by atoms with Crippen LogP contribution in [0.25, 0.3) is 0 Å². The van der Waals surface area contributed by atoms with Crippen molar-refractivity contribution in [2.75, 3.05) is 0 Å². The first-order valence-corrected chi connectivity index (χ1v) is 4.50. The first-order chi connectivity index (χ1) is 7.70. The number of nitrogens with zero attached hydrogens (tertiary/aromatic N) is 1. The lowest BCUT2D eigenvalue weighted by atomic mass is 10.1. The van der Waals surface area contributed by atoms with Gasteiger partial charge in [-0.25, -0.2) is 0 Å². The van der Waals surface area contributed by atoms with Gasteiger partial charge in [0.1, 0.15) is 11.6 Å². The second-order valence-corrected chi connectivity index (χ2v) is 3.21. The van der Waals surface area contributed by atoms with Crippen LogP contribution in [0, 0.1) is 23.7 Å². The highest BCUT2D eigenvalue weighted by Gasteiger charge is 2.34. The number of carbonyl (C=O) groups is 2. The highest BCUT2D eigenvalue weighted by Crippen LogP contribution is 2.27. The minimum atomic E-state index is -0.463. The van der Waals surface area contributed by atoms with Crippen molar-refractivity contribution < 1.29 is 9.59 Å². The fourth-order valence-corrected chi connectivity index (χ4v) is 1.64. The van der Waals surface area contributed by atoms with Crippen molar-refractivity contribution in [3.8, 4) is 18.4 Å². The summed E-state index contributed by atoms with van der Waals surface area (Å²) in [4.78, 5) is 23.7. The lowest BCUT2D eigenvalue weighted by molar-refractivity contribution is 0.0988. The molecule has 74 valence electrons. The van der Waals surface area contributed by atoms with Crippen molar-refractivity contribution in [1.29, 1.82) is 5.26 Å². The molecule has 0 spiro atoms. The molecule has 16 heavy (non-hydrogen) atoms. The number of nitriles is 1. The zero-order chi connectivity index (χ0) is 11.7. The van der Waals surface area contributed by atoms with Gasteiger partial charge in [0.05, 0.1) is 5.57 Å². The molecule has 0 atom stereocenters. The Hall–Kier alpha value is -2.65. The van der Waals surface area contributed by atoms with Crippen LogP contribution in [0.3, 0.4) is 0 Å². The molecule has 0 fully saturated rings. The molecule has 0 heterocycles. The largest absolute Gasteiger partial charge is 0.288 e. The average Bonchev–Trinajstić information content (AvgIpc) is 2.57. The van der Waals surface area contributed by atoms with Crippen LogP contribution in [-0.2, 0) is 0 Å². The molecular formula is C13H5NO2. The number of benzene rings is 1. The first-order valence-electron chi connectivity index (χ1n) is 4.50. The van der Waals surface area contributed by atoms with Gasteiger partial charge >= 0.3 is 0 Å². The van der Waals surface area contributed by atoms with E-state index in [1.54, 1.807) is 30.3 Å². The summed E-state index contributed by atoms with van der Waals surface area (Å²) in [6.45, 7) is 0. The molecule has 1 aliphatic rings. The highest BCUT2D eigenvalue weighted by atomic mass is 16.2. The smallest absolute Gasteiger partial charge is 0.199 e. The van der Waals surface area contributed by atoms with E-state index in [0.29, 0.717) is 11.1 Å². The zero-order valence-corrected chi connectivity index (χ0v) is 8.15. The Morgan fingerprint density at radius 1 is 1.12 bits per heavy atom. The maximum absolute atomic E-state index is 11.8. The van der Waals surface area contributed by atoms with Gasteiger partial charge in [-0.3, -0.25) is 9.59 Å². The number of fused-ring (bicyclic) bond motifs is 1. The van der Waals surface area contributed by atoms with Crippen molar-refractivity contribution in [3.63, 3.8) is 0 Å². The molecule has 0 unspecified atom stereocenters. The van der Waals surface area contributed by atoms with Crippen LogP contribution in [0.1, 0.15) is 20.7 Å². The van der Waals surface area contributed by atoms with Crippen molar-refractivity contribution in [2.24, 2.45) is 0 Å². The van der Waals surface area contributed by atoms with E-state index in [1.807, 2.05) is 0 Å². The van der Waals surface area contributed by atoms with Crippen LogP contribution in [0.5, 0.6) is 0 Å². The predicted octanol–water partition coefficient (Wildman–Crippen LogP) is 1.52. The van der Waals surface area contributed by atoms with Crippen LogP contribution in [0.2, 0.25) is 0 Å². The average molecular weight is 207 g/mol. The Morgan fingerprint density at radius 2 is 1.62 bits per heavy atom. The number of terminal acetylenes is 1. The highest BCUT2D eigenvalue weighted by molar-refractivity contribution is 6.40. The number of hydrogen-bond donors (Lipinski definition) is 0. The van der Waals surface area contributed by atoms with Gasteiger partial charge in [-0.2, -0.15) is 5.26 Å². The third-order valence-electron chi connectivity index (χ3n) is 2.38. The van der Waals surface area contributed by atoms with Crippen LogP contribution in [0.4, 0.5) is 0 Å². The number of hydrogen-bond acceptors (Lipinski definition) is 3. The zero-order valence-electron chi connectivity index (χ0n) is 8.15. The molecule has 3 nitrogen and oxygen atoms in total. The molecule has 1 aromatic rings. The number of Topliss-reactive ketones (excluding diaryl/α,β-unsaturated/α-hetero) is 2. The SMILES string of the molecule is C#CC(C#N)=C1C(=O)c2ccccc2C1=O. The molecule has 0 aliphatic heterocycles. The Labute approximate surface area is 92.0 Å². The summed E-state index contributed by atoms with van der Waals surface area (Å²) in [5, 5.41) is 8.75. The van der Waals surface area contributed by atoms with Gasteiger partial charge in [-0.1, -0.05) is 30.2 Å². The maximum atomic E-state index is 11.8. The number of allylic oxidation sites excluding steroid dienone is 2. The summed E-state index contributed by atoms with van der Waals surface area (Å²) in [5.74, 6) is 1.14. The molecule has 0 saturated heterocycles. The third kappa shape index (κ3) is 1.16. The Kier molecular flexibility index (Phi) is 2.16. The molecule has 0 aromatic heterocycles. The summed E-state index contributed by atoms with van der Waals surface area (Å²) in [6.07, 6.45) is 5.09. The van der Waals surface area contributed by atoms with Gasteiger partial charge in [0.25, 0.3) is 0 Å². The molecule has 0 N–H and O–H groups in total. The van der Waals surface area contributed by atoms with E-state index in [1.165, 1.54) is 0 Å². The maximum Gasteiger partial charge on any atom is 0.199 e. The second kappa shape index (κ2) is 3.49. The molecule has 0 saturated carbocycles. The summed E-state index contributed by atoms with van der Waals surface area (Å²) in [6, 6.07) is 8.11. The Morgan fingerprint density at radius 3 is 2.00 bits per heavy atom. The fourth-order valence-electron chi connectivity index (χ4n) is 1.64. The molecular weight excluding hydrogens is 202 g/mol. The molecule has 0 amide bonds. The third-order valence-corrected chi connectivity index (χ3v) is 2.38. The van der Waals surface area contributed by atoms with Gasteiger partial charge in [-0.15, -0.1) is 6.42 Å². The van der Waals surface area contributed by atoms with E-state index >= 15 is 0 Å². The van der Waals surface area contributed by atoms with E-state index in [9.17, 15) is 9.59 Å². The standard InChI is InChI=1S/C13H5NO2/c1-2-8(7-14)11-12(15)9-5-3-4-6-10(9)13(11)16/h1,3-6H. The van der Waals surface area contributed by atoms with Crippen molar-refractivity contribution in [3.05, 3.63) is 46.5 Å². The summed E-state index contributed by atoms with van der Waals surface area (Å²) < 4.78 is 0. The number of ketones is 2. The molecule has 1 aromatic carbocycles. The molecule has 2 rings (SSSR count). The van der Waals surface area contributed by atoms with Crippen molar-refractivity contribution in [1.82, 2.24) is 0 Å². The quantitative estimate of drug-likeness (QED) is 0.280. The molecule has 3 heteroatoms. The van der Waals surface area contributed by atoms with Gasteiger partial charge in [-0.05, 0) is 0 Å². The normalized spacial score (nSPS) is 13.0. The van der Waals surface area contributed by atoms with Gasteiger partial charge < -0.3 is 0 Å². The monoisotopic (exact) mass is 207 g/mol. The predicted molar refractivity (Wildman–Crippen MR) is 56.6 cm³/mol. The fraction of sp³-hybridized carbons (Fsp3) is 0. The second-order valence-electron chi connectivity index (χ2n) is 3.21. The van der Waals surface area contributed by atoms with Crippen LogP contribution in [0.15, 0.2) is 35.4 Å². The molecule has 1 aliphatic carbocycles. The van der Waals surface area contributed by atoms with Crippen LogP contribution < -0.4 is 0 Å². The van der Waals surface area contributed by atoms with E-state index < -0.39 is 11.6 Å². The Balaban J connectivity index is 2.75. The first kappa shape index (κ1) is 9.89. The van der Waals surface area contributed by atoms with Crippen LogP contribution >= 0.6 is 0 Å². The van der Waals surface area contributed by atoms with Gasteiger partial charge in [0, 0.05) is 11.1 Å². The van der Waals surface area contributed by atoms with E-state index in [-0.39, 0.29) is 11.1 Å². The lowest BCUT2D eigenvalue weighted by Crippen LogP contribution is -2.03. The lowest BCUT2D eigenvalue weighted by Gasteiger charge is -1.91. The molecule has 0 radical (unpaired) electrons. The van der Waals surface area contributed by atoms with E-state index in [2.05, 4.69) is 5.92 Å². The minimum absolute atomic E-state index is 0.189. The van der Waals surface area contributed by atoms with Gasteiger partial charge in [0.15, 0.2) is 11.6 Å². The van der Waals surface area contributed by atoms with Crippen LogP contribution in [-0.4, -0.2) is 11.6 Å². The topological polar surface area (TPSA) is 57.9 Å².